The number of rotatable bonds is 5. The molecule has 1 aliphatic rings. The van der Waals surface area contributed by atoms with E-state index in [1.807, 2.05) is 12.1 Å². The fourth-order valence-electron chi connectivity index (χ4n) is 3.82. The van der Waals surface area contributed by atoms with Crippen molar-refractivity contribution < 1.29 is 14.2 Å². The topological polar surface area (TPSA) is 51.8 Å². The van der Waals surface area contributed by atoms with Gasteiger partial charge in [0.15, 0.2) is 0 Å². The minimum atomic E-state index is -0.0370. The van der Waals surface area contributed by atoms with Crippen LogP contribution < -0.4 is 15.4 Å². The van der Waals surface area contributed by atoms with Crippen LogP contribution in [-0.4, -0.2) is 58.7 Å². The zero-order valence-electron chi connectivity index (χ0n) is 20.6. The molecular formula is C26H43ClN2O3. The molecule has 0 fully saturated rings. The smallest absolute Gasteiger partial charge is 0.137 e. The number of ether oxygens (including phenoxy) is 3. The second kappa shape index (κ2) is 14.2. The Hall–Kier alpha value is -1.11. The number of hydrogen-bond donors (Lipinski definition) is 2. The maximum absolute atomic E-state index is 6.57. The van der Waals surface area contributed by atoms with Gasteiger partial charge in [-0.25, -0.2) is 0 Å². The Bertz CT molecular complexity index is 694. The van der Waals surface area contributed by atoms with Gasteiger partial charge in [0.25, 0.3) is 0 Å². The summed E-state index contributed by atoms with van der Waals surface area (Å²) in [5, 5.41) is 7.62. The van der Waals surface area contributed by atoms with Crippen LogP contribution in [0.4, 0.5) is 0 Å². The Morgan fingerprint density at radius 3 is 2.62 bits per heavy atom. The summed E-state index contributed by atoms with van der Waals surface area (Å²) in [6, 6.07) is 5.98. The van der Waals surface area contributed by atoms with Gasteiger partial charge < -0.3 is 24.8 Å². The Morgan fingerprint density at radius 1 is 1.12 bits per heavy atom. The highest BCUT2D eigenvalue weighted by Crippen LogP contribution is 2.28. The zero-order valence-corrected chi connectivity index (χ0v) is 21.3. The van der Waals surface area contributed by atoms with Crippen LogP contribution in [0.2, 0.25) is 5.02 Å². The number of benzene rings is 1. The van der Waals surface area contributed by atoms with Crippen molar-refractivity contribution in [1.82, 2.24) is 10.6 Å². The molecule has 1 aromatic rings. The van der Waals surface area contributed by atoms with Gasteiger partial charge in [-0.3, -0.25) is 0 Å². The summed E-state index contributed by atoms with van der Waals surface area (Å²) in [4.78, 5) is 0. The van der Waals surface area contributed by atoms with Crippen LogP contribution in [-0.2, 0) is 15.9 Å². The van der Waals surface area contributed by atoms with Crippen molar-refractivity contribution in [3.63, 3.8) is 0 Å². The van der Waals surface area contributed by atoms with E-state index in [1.165, 1.54) is 0 Å². The number of methoxy groups -OCH3 is 1. The first kappa shape index (κ1) is 27.1. The van der Waals surface area contributed by atoms with Crippen molar-refractivity contribution in [2.24, 2.45) is 11.3 Å². The van der Waals surface area contributed by atoms with E-state index in [9.17, 15) is 0 Å². The molecule has 0 aromatic heterocycles. The molecule has 0 saturated carbocycles. The van der Waals surface area contributed by atoms with Gasteiger partial charge in [0.1, 0.15) is 5.75 Å². The Labute approximate surface area is 200 Å². The van der Waals surface area contributed by atoms with Crippen LogP contribution in [0, 0.1) is 11.3 Å². The van der Waals surface area contributed by atoms with Crippen molar-refractivity contribution in [2.75, 3.05) is 46.5 Å². The predicted octanol–water partition coefficient (Wildman–Crippen LogP) is 4.87. The van der Waals surface area contributed by atoms with E-state index in [1.54, 1.807) is 7.11 Å². The third-order valence-corrected chi connectivity index (χ3v) is 5.88. The van der Waals surface area contributed by atoms with Crippen molar-refractivity contribution >= 4 is 11.6 Å². The quantitative estimate of drug-likeness (QED) is 0.606. The van der Waals surface area contributed by atoms with Crippen LogP contribution in [0.25, 0.3) is 0 Å². The lowest BCUT2D eigenvalue weighted by Crippen LogP contribution is -2.41. The summed E-state index contributed by atoms with van der Waals surface area (Å²) in [7, 11) is 1.64. The SMILES string of the molecule is COc1ccc(CC2OCCC=CCNCCNCC(C)(C)COC2CC(C)C)cc1Cl. The molecule has 2 unspecified atom stereocenters. The standard InChI is InChI=1S/C26H43ClN2O3/c1-20(2)15-24-25(17-21-9-10-23(30-5)22(27)16-21)31-14-8-6-7-11-28-12-13-29-18-26(3,4)19-32-24/h6-7,9-10,16,20,24-25,28-29H,8,11-15,17-19H2,1-5H3. The van der Waals surface area contributed by atoms with Gasteiger partial charge in [0.05, 0.1) is 37.6 Å². The molecule has 0 saturated heterocycles. The van der Waals surface area contributed by atoms with Gasteiger partial charge in [0, 0.05) is 38.0 Å². The van der Waals surface area contributed by atoms with Crippen molar-refractivity contribution in [2.45, 2.75) is 59.2 Å². The van der Waals surface area contributed by atoms with Gasteiger partial charge >= 0.3 is 0 Å². The van der Waals surface area contributed by atoms with Gasteiger partial charge in [0.2, 0.25) is 0 Å². The predicted molar refractivity (Wildman–Crippen MR) is 134 cm³/mol. The zero-order chi connectivity index (χ0) is 23.4. The van der Waals surface area contributed by atoms with Gasteiger partial charge in [-0.2, -0.15) is 0 Å². The van der Waals surface area contributed by atoms with E-state index in [-0.39, 0.29) is 17.6 Å². The summed E-state index contributed by atoms with van der Waals surface area (Å²) in [5.41, 5.74) is 1.17. The van der Waals surface area contributed by atoms with Crippen LogP contribution in [0.1, 0.15) is 46.1 Å². The minimum Gasteiger partial charge on any atom is -0.495 e. The second-order valence-electron chi connectivity index (χ2n) is 9.87. The molecule has 1 heterocycles. The molecule has 0 aliphatic carbocycles. The van der Waals surface area contributed by atoms with Crippen LogP contribution in [0.15, 0.2) is 30.4 Å². The average Bonchev–Trinajstić information content (AvgIpc) is 2.73. The first-order valence-electron chi connectivity index (χ1n) is 11.9. The summed E-state index contributed by atoms with van der Waals surface area (Å²) in [6.07, 6.45) is 6.95. The first-order valence-corrected chi connectivity index (χ1v) is 12.3. The maximum Gasteiger partial charge on any atom is 0.137 e. The fourth-order valence-corrected chi connectivity index (χ4v) is 4.10. The van der Waals surface area contributed by atoms with Crippen molar-refractivity contribution in [3.8, 4) is 5.75 Å². The number of hydrogen-bond acceptors (Lipinski definition) is 5. The highest BCUT2D eigenvalue weighted by atomic mass is 35.5. The Kier molecular flexibility index (Phi) is 12.1. The van der Waals surface area contributed by atoms with Crippen molar-refractivity contribution in [3.05, 3.63) is 40.9 Å². The van der Waals surface area contributed by atoms with Gasteiger partial charge in [-0.05, 0) is 36.5 Å². The molecule has 0 amide bonds. The lowest BCUT2D eigenvalue weighted by molar-refractivity contribution is -0.0964. The third kappa shape index (κ3) is 10.2. The van der Waals surface area contributed by atoms with E-state index >= 15 is 0 Å². The van der Waals surface area contributed by atoms with E-state index < -0.39 is 0 Å². The molecule has 0 bridgehead atoms. The molecule has 1 aliphatic heterocycles. The van der Waals surface area contributed by atoms with Gasteiger partial charge in [-0.1, -0.05) is 57.5 Å². The van der Waals surface area contributed by atoms with E-state index in [0.717, 1.165) is 51.0 Å². The normalized spacial score (nSPS) is 23.8. The minimum absolute atomic E-state index is 0.0219. The molecule has 2 N–H and O–H groups in total. The highest BCUT2D eigenvalue weighted by Gasteiger charge is 2.28. The molecule has 182 valence electrons. The van der Waals surface area contributed by atoms with E-state index in [4.69, 9.17) is 25.8 Å². The lowest BCUT2D eigenvalue weighted by Gasteiger charge is -2.33. The Balaban J connectivity index is 2.20. The fraction of sp³-hybridized carbons (Fsp3) is 0.692. The molecule has 2 atom stereocenters. The summed E-state index contributed by atoms with van der Waals surface area (Å²) in [6.45, 7) is 14.1. The van der Waals surface area contributed by atoms with E-state index in [0.29, 0.717) is 29.9 Å². The summed E-state index contributed by atoms with van der Waals surface area (Å²) in [5.74, 6) is 1.21. The average molecular weight is 467 g/mol. The summed E-state index contributed by atoms with van der Waals surface area (Å²) < 4.78 is 18.3. The molecule has 0 radical (unpaired) electrons. The number of nitrogens with one attached hydrogen (secondary N) is 2. The lowest BCUT2D eigenvalue weighted by atomic mass is 9.93. The number of halogens is 1. The summed E-state index contributed by atoms with van der Waals surface area (Å²) >= 11 is 6.39. The maximum atomic E-state index is 6.57. The monoisotopic (exact) mass is 466 g/mol. The van der Waals surface area contributed by atoms with Crippen molar-refractivity contribution in [1.29, 1.82) is 0 Å². The van der Waals surface area contributed by atoms with E-state index in [2.05, 4.69) is 56.5 Å². The molecular weight excluding hydrogens is 424 g/mol. The highest BCUT2D eigenvalue weighted by molar-refractivity contribution is 6.32. The molecule has 32 heavy (non-hydrogen) atoms. The molecule has 6 heteroatoms. The largest absolute Gasteiger partial charge is 0.495 e. The first-order chi connectivity index (χ1) is 15.3. The molecule has 1 aromatic carbocycles. The van der Waals surface area contributed by atoms with Crippen LogP contribution in [0.5, 0.6) is 5.75 Å². The van der Waals surface area contributed by atoms with Crippen LogP contribution >= 0.6 is 11.6 Å². The van der Waals surface area contributed by atoms with Gasteiger partial charge in [-0.15, -0.1) is 0 Å². The molecule has 5 nitrogen and oxygen atoms in total. The Morgan fingerprint density at radius 2 is 1.91 bits per heavy atom. The third-order valence-electron chi connectivity index (χ3n) is 5.59. The second-order valence-corrected chi connectivity index (χ2v) is 10.3. The molecule has 0 spiro atoms. The van der Waals surface area contributed by atoms with Crippen LogP contribution in [0.3, 0.4) is 0 Å². The molecule has 2 rings (SSSR count).